The van der Waals surface area contributed by atoms with Crippen LogP contribution in [0.3, 0.4) is 0 Å². The highest BCUT2D eigenvalue weighted by Gasteiger charge is 2.11. The maximum absolute atomic E-state index is 8.47. The van der Waals surface area contributed by atoms with Crippen LogP contribution in [0.5, 0.6) is 5.75 Å². The molecule has 27 heavy (non-hydrogen) atoms. The second-order valence-corrected chi connectivity index (χ2v) is 5.99. The average molecular weight is 366 g/mol. The number of methoxy groups -OCH3 is 1. The maximum atomic E-state index is 8.47. The van der Waals surface area contributed by atoms with Crippen molar-refractivity contribution in [3.63, 3.8) is 0 Å². The number of ether oxygens (including phenoxy) is 1. The van der Waals surface area contributed by atoms with Crippen LogP contribution in [-0.2, 0) is 11.5 Å². The smallest absolute Gasteiger partial charge is 0.182 e. The number of fused-ring (bicyclic) bond motifs is 2. The number of aromatic amines is 1. The van der Waals surface area contributed by atoms with E-state index in [4.69, 9.17) is 9.99 Å². The standard InChI is InChI=1S/C18H18N6O3/c1-10-7-21-17-13(26-2)5-3-11(16(10)17)8-20-15-9-19-12-4-6-14(24-27-25)22-18(12)23-15/h3-7,9,21,25H,8H2,1-2H3,(H2,20,22,23,24). The molecule has 1 aromatic carbocycles. The molecule has 4 aromatic rings. The van der Waals surface area contributed by atoms with Crippen molar-refractivity contribution < 1.29 is 15.0 Å². The highest BCUT2D eigenvalue weighted by molar-refractivity contribution is 5.91. The van der Waals surface area contributed by atoms with Gasteiger partial charge in [-0.15, -0.1) is 4.99 Å². The molecule has 0 saturated carbocycles. The van der Waals surface area contributed by atoms with E-state index >= 15 is 0 Å². The fourth-order valence-electron chi connectivity index (χ4n) is 3.06. The molecule has 0 atom stereocenters. The van der Waals surface area contributed by atoms with Crippen molar-refractivity contribution in [2.75, 3.05) is 17.9 Å². The van der Waals surface area contributed by atoms with Crippen LogP contribution in [-0.4, -0.2) is 32.3 Å². The Kier molecular flexibility index (Phi) is 4.45. The molecule has 0 radical (unpaired) electrons. The van der Waals surface area contributed by atoms with E-state index in [1.54, 1.807) is 25.4 Å². The SMILES string of the molecule is COc1ccc(CNc2cnc3ccc(NOO)nc3n2)c2c(C)c[nH]c12. The van der Waals surface area contributed by atoms with E-state index in [0.29, 0.717) is 29.3 Å². The fourth-order valence-corrected chi connectivity index (χ4v) is 3.06. The van der Waals surface area contributed by atoms with Gasteiger partial charge in [0.25, 0.3) is 0 Å². The molecule has 138 valence electrons. The number of H-pyrrole nitrogens is 1. The molecule has 0 fully saturated rings. The summed E-state index contributed by atoms with van der Waals surface area (Å²) in [5.41, 5.74) is 6.55. The summed E-state index contributed by atoms with van der Waals surface area (Å²) >= 11 is 0. The molecule has 4 rings (SSSR count). The van der Waals surface area contributed by atoms with Gasteiger partial charge in [-0.05, 0) is 36.2 Å². The minimum absolute atomic E-state index is 0.330. The number of anilines is 2. The summed E-state index contributed by atoms with van der Waals surface area (Å²) in [6, 6.07) is 7.33. The summed E-state index contributed by atoms with van der Waals surface area (Å²) in [6.07, 6.45) is 3.62. The largest absolute Gasteiger partial charge is 0.495 e. The lowest BCUT2D eigenvalue weighted by Crippen LogP contribution is -2.04. The quantitative estimate of drug-likeness (QED) is 0.303. The zero-order valence-corrected chi connectivity index (χ0v) is 14.8. The molecule has 0 aliphatic rings. The van der Waals surface area contributed by atoms with E-state index in [-0.39, 0.29) is 0 Å². The van der Waals surface area contributed by atoms with E-state index in [1.807, 2.05) is 18.3 Å². The number of hydrogen-bond donors (Lipinski definition) is 4. The lowest BCUT2D eigenvalue weighted by atomic mass is 10.1. The molecular weight excluding hydrogens is 348 g/mol. The van der Waals surface area contributed by atoms with Crippen LogP contribution in [0.15, 0.2) is 36.7 Å². The van der Waals surface area contributed by atoms with Gasteiger partial charge in [0.15, 0.2) is 11.5 Å². The number of pyridine rings is 1. The molecule has 0 aliphatic carbocycles. The highest BCUT2D eigenvalue weighted by Crippen LogP contribution is 2.30. The molecule has 3 aromatic heterocycles. The number of benzene rings is 1. The number of aryl methyl sites for hydroxylation is 1. The molecular formula is C18H18N6O3. The van der Waals surface area contributed by atoms with E-state index < -0.39 is 0 Å². The van der Waals surface area contributed by atoms with E-state index in [1.165, 1.54) is 0 Å². The number of aromatic nitrogens is 4. The first kappa shape index (κ1) is 17.0. The topological polar surface area (TPSA) is 117 Å². The summed E-state index contributed by atoms with van der Waals surface area (Å²) in [7, 11) is 1.66. The molecule has 0 unspecified atom stereocenters. The van der Waals surface area contributed by atoms with Gasteiger partial charge in [0, 0.05) is 18.1 Å². The zero-order valence-electron chi connectivity index (χ0n) is 14.8. The second-order valence-electron chi connectivity index (χ2n) is 5.99. The van der Waals surface area contributed by atoms with Gasteiger partial charge in [-0.2, -0.15) is 0 Å². The zero-order chi connectivity index (χ0) is 18.8. The molecule has 0 amide bonds. The van der Waals surface area contributed by atoms with Gasteiger partial charge >= 0.3 is 0 Å². The molecule has 0 spiro atoms. The Morgan fingerprint density at radius 3 is 2.81 bits per heavy atom. The summed E-state index contributed by atoms with van der Waals surface area (Å²) in [5, 5.41) is 12.9. The summed E-state index contributed by atoms with van der Waals surface area (Å²) < 4.78 is 5.42. The predicted octanol–water partition coefficient (Wildman–Crippen LogP) is 3.25. The van der Waals surface area contributed by atoms with Gasteiger partial charge in [0.05, 0.1) is 18.8 Å². The third-order valence-electron chi connectivity index (χ3n) is 4.32. The average Bonchev–Trinajstić information content (AvgIpc) is 3.08. The van der Waals surface area contributed by atoms with Crippen LogP contribution in [0, 0.1) is 6.92 Å². The normalized spacial score (nSPS) is 11.1. The molecule has 0 aliphatic heterocycles. The van der Waals surface area contributed by atoms with Crippen LogP contribution >= 0.6 is 0 Å². The molecule has 0 bridgehead atoms. The second kappa shape index (κ2) is 7.06. The van der Waals surface area contributed by atoms with Crippen LogP contribution < -0.4 is 15.5 Å². The van der Waals surface area contributed by atoms with Gasteiger partial charge in [-0.3, -0.25) is 0 Å². The first-order valence-electron chi connectivity index (χ1n) is 8.27. The third kappa shape index (κ3) is 3.21. The van der Waals surface area contributed by atoms with Crippen molar-refractivity contribution in [3.05, 3.63) is 47.8 Å². The van der Waals surface area contributed by atoms with Gasteiger partial charge < -0.3 is 15.0 Å². The van der Waals surface area contributed by atoms with Gasteiger partial charge in [-0.25, -0.2) is 25.7 Å². The Bertz CT molecular complexity index is 1110. The van der Waals surface area contributed by atoms with Crippen molar-refractivity contribution in [1.82, 2.24) is 19.9 Å². The summed E-state index contributed by atoms with van der Waals surface area (Å²) in [5.74, 6) is 1.73. The molecule has 9 heteroatoms. The van der Waals surface area contributed by atoms with Gasteiger partial charge in [0.1, 0.15) is 17.1 Å². The highest BCUT2D eigenvalue weighted by atomic mass is 17.2. The van der Waals surface area contributed by atoms with Crippen LogP contribution in [0.25, 0.3) is 22.1 Å². The Morgan fingerprint density at radius 2 is 2.00 bits per heavy atom. The predicted molar refractivity (Wildman–Crippen MR) is 102 cm³/mol. The molecule has 9 nitrogen and oxygen atoms in total. The lowest BCUT2D eigenvalue weighted by Gasteiger charge is -2.10. The number of nitrogens with one attached hydrogen (secondary N) is 3. The third-order valence-corrected chi connectivity index (χ3v) is 4.32. The Balaban J connectivity index is 1.62. The first-order chi connectivity index (χ1) is 13.2. The van der Waals surface area contributed by atoms with Crippen molar-refractivity contribution in [3.8, 4) is 5.75 Å². The van der Waals surface area contributed by atoms with Gasteiger partial charge in [-0.1, -0.05) is 6.07 Å². The van der Waals surface area contributed by atoms with E-state index in [9.17, 15) is 0 Å². The lowest BCUT2D eigenvalue weighted by molar-refractivity contribution is -0.215. The Hall–Kier alpha value is -3.43. The Labute approximate surface area is 154 Å². The van der Waals surface area contributed by atoms with Crippen molar-refractivity contribution in [2.45, 2.75) is 13.5 Å². The van der Waals surface area contributed by atoms with E-state index in [0.717, 1.165) is 27.8 Å². The first-order valence-corrected chi connectivity index (χ1v) is 8.27. The maximum Gasteiger partial charge on any atom is 0.182 e. The summed E-state index contributed by atoms with van der Waals surface area (Å²) in [6.45, 7) is 2.62. The van der Waals surface area contributed by atoms with E-state index in [2.05, 4.69) is 42.6 Å². The molecule has 0 saturated heterocycles. The molecule has 3 heterocycles. The van der Waals surface area contributed by atoms with Crippen molar-refractivity contribution >= 4 is 33.7 Å². The van der Waals surface area contributed by atoms with Crippen molar-refractivity contribution in [2.24, 2.45) is 0 Å². The molecule has 4 N–H and O–H groups in total. The van der Waals surface area contributed by atoms with Crippen LogP contribution in [0.4, 0.5) is 11.6 Å². The fraction of sp³-hybridized carbons (Fsp3) is 0.167. The summed E-state index contributed by atoms with van der Waals surface area (Å²) in [4.78, 5) is 20.2. The number of hydrogen-bond acceptors (Lipinski definition) is 8. The van der Waals surface area contributed by atoms with Crippen LogP contribution in [0.2, 0.25) is 0 Å². The van der Waals surface area contributed by atoms with Gasteiger partial charge in [0.2, 0.25) is 0 Å². The minimum atomic E-state index is 0.330. The van der Waals surface area contributed by atoms with Crippen molar-refractivity contribution in [1.29, 1.82) is 0 Å². The Morgan fingerprint density at radius 1 is 1.15 bits per heavy atom. The number of rotatable bonds is 6. The minimum Gasteiger partial charge on any atom is -0.495 e. The monoisotopic (exact) mass is 366 g/mol. The number of nitrogens with zero attached hydrogens (tertiary/aromatic N) is 3. The van der Waals surface area contributed by atoms with Crippen LogP contribution in [0.1, 0.15) is 11.1 Å².